The lowest BCUT2D eigenvalue weighted by molar-refractivity contribution is 0.0699. The van der Waals surface area contributed by atoms with E-state index in [2.05, 4.69) is 6.92 Å². The summed E-state index contributed by atoms with van der Waals surface area (Å²) < 4.78 is 10.8. The van der Waals surface area contributed by atoms with Gasteiger partial charge in [0, 0.05) is 24.0 Å². The van der Waals surface area contributed by atoms with Crippen LogP contribution in [0.5, 0.6) is 11.5 Å². The van der Waals surface area contributed by atoms with Crippen LogP contribution in [0.2, 0.25) is 0 Å². The van der Waals surface area contributed by atoms with Crippen LogP contribution >= 0.6 is 0 Å². The summed E-state index contributed by atoms with van der Waals surface area (Å²) in [5.74, 6) is 2.06. The van der Waals surface area contributed by atoms with Crippen LogP contribution in [-0.2, 0) is 0 Å². The maximum atomic E-state index is 13.4. The summed E-state index contributed by atoms with van der Waals surface area (Å²) in [6, 6.07) is 15.4. The number of piperidine rings is 1. The lowest BCUT2D eigenvalue weighted by atomic mass is 9.97. The first-order valence-corrected chi connectivity index (χ1v) is 10.0. The standard InChI is InChI=1S/C24H26N2O3/c1-16-10-12-26(13-11-16)24(27)19-15-21(25-20-7-5-4-6-18(19)20)17-8-9-22(28-2)23(14-17)29-3/h4-9,14-16H,10-13H2,1-3H3. The van der Waals surface area contributed by atoms with Gasteiger partial charge in [-0.3, -0.25) is 4.79 Å². The molecule has 0 aliphatic carbocycles. The monoisotopic (exact) mass is 390 g/mol. The molecule has 5 heteroatoms. The van der Waals surface area contributed by atoms with Gasteiger partial charge >= 0.3 is 0 Å². The third kappa shape index (κ3) is 3.77. The van der Waals surface area contributed by atoms with Gasteiger partial charge in [-0.15, -0.1) is 0 Å². The highest BCUT2D eigenvalue weighted by atomic mass is 16.5. The van der Waals surface area contributed by atoms with Crippen LogP contribution in [0.25, 0.3) is 22.2 Å². The highest BCUT2D eigenvalue weighted by molar-refractivity contribution is 6.07. The minimum atomic E-state index is 0.0808. The second kappa shape index (κ2) is 8.11. The number of likely N-dealkylation sites (tertiary alicyclic amines) is 1. The van der Waals surface area contributed by atoms with Crippen molar-refractivity contribution in [3.8, 4) is 22.8 Å². The Bertz CT molecular complexity index is 1040. The molecular weight excluding hydrogens is 364 g/mol. The van der Waals surface area contributed by atoms with Gasteiger partial charge < -0.3 is 14.4 Å². The van der Waals surface area contributed by atoms with Gasteiger partial charge in [-0.1, -0.05) is 25.1 Å². The topological polar surface area (TPSA) is 51.7 Å². The Hall–Kier alpha value is -3.08. The van der Waals surface area contributed by atoms with E-state index in [1.54, 1.807) is 14.2 Å². The molecule has 1 amide bonds. The van der Waals surface area contributed by atoms with Crippen LogP contribution in [0.4, 0.5) is 0 Å². The number of hydrogen-bond donors (Lipinski definition) is 0. The first kappa shape index (κ1) is 19.2. The molecule has 0 bridgehead atoms. The maximum Gasteiger partial charge on any atom is 0.254 e. The lowest BCUT2D eigenvalue weighted by Gasteiger charge is -2.30. The summed E-state index contributed by atoms with van der Waals surface area (Å²) >= 11 is 0. The van der Waals surface area contributed by atoms with Gasteiger partial charge in [-0.25, -0.2) is 4.98 Å². The van der Waals surface area contributed by atoms with Crippen LogP contribution in [0, 0.1) is 5.92 Å². The molecule has 150 valence electrons. The average Bonchev–Trinajstić information content (AvgIpc) is 2.77. The number of methoxy groups -OCH3 is 2. The van der Waals surface area contributed by atoms with Gasteiger partial charge in [0.25, 0.3) is 5.91 Å². The van der Waals surface area contributed by atoms with Crippen molar-refractivity contribution in [3.63, 3.8) is 0 Å². The molecule has 29 heavy (non-hydrogen) atoms. The van der Waals surface area contributed by atoms with Gasteiger partial charge in [0.15, 0.2) is 11.5 Å². The molecule has 2 aromatic carbocycles. The summed E-state index contributed by atoms with van der Waals surface area (Å²) in [6.07, 6.45) is 2.11. The summed E-state index contributed by atoms with van der Waals surface area (Å²) in [4.78, 5) is 20.2. The predicted octanol–water partition coefficient (Wildman–Crippen LogP) is 4.79. The molecule has 1 aliphatic heterocycles. The largest absolute Gasteiger partial charge is 0.493 e. The van der Waals surface area contributed by atoms with E-state index < -0.39 is 0 Å². The number of hydrogen-bond acceptors (Lipinski definition) is 4. The number of amides is 1. The van der Waals surface area contributed by atoms with Gasteiger partial charge in [0.2, 0.25) is 0 Å². The normalized spacial score (nSPS) is 14.8. The zero-order valence-electron chi connectivity index (χ0n) is 17.1. The third-order valence-corrected chi connectivity index (χ3v) is 5.70. The van der Waals surface area contributed by atoms with Gasteiger partial charge in [-0.05, 0) is 49.1 Å². The Labute approximate surface area is 171 Å². The molecule has 0 spiro atoms. The van der Waals surface area contributed by atoms with E-state index in [4.69, 9.17) is 14.5 Å². The summed E-state index contributed by atoms with van der Waals surface area (Å²) in [5, 5.41) is 0.889. The SMILES string of the molecule is COc1ccc(-c2cc(C(=O)N3CCC(C)CC3)c3ccccc3n2)cc1OC. The van der Waals surface area contributed by atoms with Crippen molar-refractivity contribution >= 4 is 16.8 Å². The number of carbonyl (C=O) groups is 1. The van der Waals surface area contributed by atoms with Crippen molar-refractivity contribution in [2.24, 2.45) is 5.92 Å². The Morgan fingerprint density at radius 2 is 1.72 bits per heavy atom. The van der Waals surface area contributed by atoms with Crippen molar-refractivity contribution in [2.75, 3.05) is 27.3 Å². The minimum absolute atomic E-state index is 0.0808. The van der Waals surface area contributed by atoms with Gasteiger partial charge in [-0.2, -0.15) is 0 Å². The van der Waals surface area contributed by atoms with E-state index in [0.717, 1.165) is 48.1 Å². The Kier molecular flexibility index (Phi) is 5.38. The lowest BCUT2D eigenvalue weighted by Crippen LogP contribution is -2.38. The molecule has 2 heterocycles. The Morgan fingerprint density at radius 1 is 1.00 bits per heavy atom. The number of para-hydroxylation sites is 1. The number of rotatable bonds is 4. The first-order valence-electron chi connectivity index (χ1n) is 10.0. The number of aromatic nitrogens is 1. The maximum absolute atomic E-state index is 13.4. The number of nitrogens with zero attached hydrogens (tertiary/aromatic N) is 2. The zero-order valence-corrected chi connectivity index (χ0v) is 17.1. The molecule has 0 unspecified atom stereocenters. The highest BCUT2D eigenvalue weighted by Crippen LogP contribution is 2.33. The number of pyridine rings is 1. The van der Waals surface area contributed by atoms with Crippen LogP contribution in [0.15, 0.2) is 48.5 Å². The van der Waals surface area contributed by atoms with Crippen molar-refractivity contribution in [3.05, 3.63) is 54.1 Å². The summed E-state index contributed by atoms with van der Waals surface area (Å²) in [5.41, 5.74) is 3.15. The van der Waals surface area contributed by atoms with Crippen molar-refractivity contribution in [2.45, 2.75) is 19.8 Å². The number of carbonyl (C=O) groups excluding carboxylic acids is 1. The molecule has 0 radical (unpaired) electrons. The molecule has 1 fully saturated rings. The molecule has 4 rings (SSSR count). The molecule has 1 saturated heterocycles. The average molecular weight is 390 g/mol. The number of ether oxygens (including phenoxy) is 2. The predicted molar refractivity (Wildman–Crippen MR) is 115 cm³/mol. The second-order valence-corrected chi connectivity index (χ2v) is 7.62. The van der Waals surface area contributed by atoms with E-state index in [9.17, 15) is 4.79 Å². The first-order chi connectivity index (χ1) is 14.1. The minimum Gasteiger partial charge on any atom is -0.493 e. The number of fused-ring (bicyclic) bond motifs is 1. The molecule has 0 atom stereocenters. The molecule has 1 aromatic heterocycles. The Balaban J connectivity index is 1.80. The van der Waals surface area contributed by atoms with Gasteiger partial charge in [0.1, 0.15) is 0 Å². The van der Waals surface area contributed by atoms with E-state index in [0.29, 0.717) is 23.0 Å². The molecule has 3 aromatic rings. The van der Waals surface area contributed by atoms with E-state index >= 15 is 0 Å². The molecule has 1 aliphatic rings. The van der Waals surface area contributed by atoms with Crippen molar-refractivity contribution < 1.29 is 14.3 Å². The zero-order chi connectivity index (χ0) is 20.4. The summed E-state index contributed by atoms with van der Waals surface area (Å²) in [6.45, 7) is 3.86. The van der Waals surface area contributed by atoms with Crippen LogP contribution in [-0.4, -0.2) is 43.1 Å². The van der Waals surface area contributed by atoms with Gasteiger partial charge in [0.05, 0.1) is 31.0 Å². The van der Waals surface area contributed by atoms with Crippen LogP contribution < -0.4 is 9.47 Å². The van der Waals surface area contributed by atoms with E-state index in [1.807, 2.05) is 53.4 Å². The van der Waals surface area contributed by atoms with E-state index in [-0.39, 0.29) is 5.91 Å². The molecular formula is C24H26N2O3. The van der Waals surface area contributed by atoms with Crippen molar-refractivity contribution in [1.29, 1.82) is 0 Å². The summed E-state index contributed by atoms with van der Waals surface area (Å²) in [7, 11) is 3.23. The molecule has 0 saturated carbocycles. The third-order valence-electron chi connectivity index (χ3n) is 5.70. The fourth-order valence-electron chi connectivity index (χ4n) is 3.88. The van der Waals surface area contributed by atoms with Crippen LogP contribution in [0.3, 0.4) is 0 Å². The fraction of sp³-hybridized carbons (Fsp3) is 0.333. The molecule has 0 N–H and O–H groups in total. The second-order valence-electron chi connectivity index (χ2n) is 7.62. The smallest absolute Gasteiger partial charge is 0.254 e. The fourth-order valence-corrected chi connectivity index (χ4v) is 3.88. The van der Waals surface area contributed by atoms with Crippen molar-refractivity contribution in [1.82, 2.24) is 9.88 Å². The number of benzene rings is 2. The van der Waals surface area contributed by atoms with E-state index in [1.165, 1.54) is 0 Å². The quantitative estimate of drug-likeness (QED) is 0.643. The Morgan fingerprint density at radius 3 is 2.45 bits per heavy atom. The van der Waals surface area contributed by atoms with Crippen LogP contribution in [0.1, 0.15) is 30.1 Å². The highest BCUT2D eigenvalue weighted by Gasteiger charge is 2.24. The molecule has 5 nitrogen and oxygen atoms in total.